The normalized spacial score (nSPS) is 15.8. The van der Waals surface area contributed by atoms with Crippen LogP contribution in [0.2, 0.25) is 0 Å². The number of methoxy groups -OCH3 is 1. The van der Waals surface area contributed by atoms with Crippen LogP contribution in [0.25, 0.3) is 0 Å². The Kier molecular flexibility index (Phi) is 6.84. The van der Waals surface area contributed by atoms with Gasteiger partial charge in [0.25, 0.3) is 0 Å². The van der Waals surface area contributed by atoms with Crippen LogP contribution in [0.1, 0.15) is 19.4 Å². The molecule has 0 aliphatic carbocycles. The number of hydrogen-bond acceptors (Lipinski definition) is 4. The van der Waals surface area contributed by atoms with E-state index in [2.05, 4.69) is 0 Å². The maximum Gasteiger partial charge on any atom is 0.118 e. The second kappa shape index (κ2) is 8.15. The molecule has 0 aliphatic rings. The van der Waals surface area contributed by atoms with Crippen LogP contribution in [0.3, 0.4) is 0 Å². The van der Waals surface area contributed by atoms with Crippen LogP contribution < -0.4 is 4.74 Å². The standard InChI is InChI=1S/C15H24O4/c1-11(8-16)15(17)12(2)9-19-10-13-4-6-14(18-3)7-5-13/h4-7,11-12,15-17H,8-10H2,1-3H3/t11-,12-,15-/m0/s1. The smallest absolute Gasteiger partial charge is 0.118 e. The molecule has 1 aromatic carbocycles. The zero-order chi connectivity index (χ0) is 14.3. The lowest BCUT2D eigenvalue weighted by Crippen LogP contribution is -2.30. The van der Waals surface area contributed by atoms with Crippen molar-refractivity contribution in [3.63, 3.8) is 0 Å². The molecule has 0 spiro atoms. The quantitative estimate of drug-likeness (QED) is 0.755. The van der Waals surface area contributed by atoms with Gasteiger partial charge in [-0.3, -0.25) is 0 Å². The molecule has 3 atom stereocenters. The zero-order valence-corrected chi connectivity index (χ0v) is 11.9. The van der Waals surface area contributed by atoms with Crippen molar-refractivity contribution in [2.75, 3.05) is 20.3 Å². The maximum atomic E-state index is 9.90. The van der Waals surface area contributed by atoms with Gasteiger partial charge in [-0.1, -0.05) is 26.0 Å². The van der Waals surface area contributed by atoms with Gasteiger partial charge in [-0.15, -0.1) is 0 Å². The molecule has 4 nitrogen and oxygen atoms in total. The van der Waals surface area contributed by atoms with E-state index in [1.807, 2.05) is 38.1 Å². The summed E-state index contributed by atoms with van der Waals surface area (Å²) in [5.41, 5.74) is 1.07. The predicted molar refractivity (Wildman–Crippen MR) is 74.1 cm³/mol. The Balaban J connectivity index is 2.32. The topological polar surface area (TPSA) is 58.9 Å². The molecule has 0 bridgehead atoms. The Hall–Kier alpha value is -1.10. The molecule has 4 heteroatoms. The molecule has 0 heterocycles. The third kappa shape index (κ3) is 5.19. The molecule has 0 radical (unpaired) electrons. The first-order chi connectivity index (χ1) is 9.08. The van der Waals surface area contributed by atoms with E-state index in [0.29, 0.717) is 13.2 Å². The first-order valence-electron chi connectivity index (χ1n) is 6.58. The van der Waals surface area contributed by atoms with E-state index in [1.165, 1.54) is 0 Å². The van der Waals surface area contributed by atoms with Crippen molar-refractivity contribution in [3.8, 4) is 5.75 Å². The molecule has 0 unspecified atom stereocenters. The average molecular weight is 268 g/mol. The van der Waals surface area contributed by atoms with E-state index in [9.17, 15) is 5.11 Å². The molecule has 108 valence electrons. The minimum absolute atomic E-state index is 0.000369. The van der Waals surface area contributed by atoms with Crippen molar-refractivity contribution >= 4 is 0 Å². The van der Waals surface area contributed by atoms with E-state index < -0.39 is 6.10 Å². The minimum atomic E-state index is -0.541. The highest BCUT2D eigenvalue weighted by Crippen LogP contribution is 2.15. The molecule has 0 amide bonds. The van der Waals surface area contributed by atoms with E-state index in [1.54, 1.807) is 7.11 Å². The molecule has 0 saturated carbocycles. The lowest BCUT2D eigenvalue weighted by Gasteiger charge is -2.23. The Labute approximate surface area is 115 Å². The van der Waals surface area contributed by atoms with Crippen molar-refractivity contribution in [2.24, 2.45) is 11.8 Å². The Morgan fingerprint density at radius 2 is 1.74 bits per heavy atom. The molecular weight excluding hydrogens is 244 g/mol. The van der Waals surface area contributed by atoms with E-state index in [4.69, 9.17) is 14.6 Å². The summed E-state index contributed by atoms with van der Waals surface area (Å²) in [6.45, 7) is 4.71. The Morgan fingerprint density at radius 1 is 1.11 bits per heavy atom. The van der Waals surface area contributed by atoms with Crippen LogP contribution in [-0.4, -0.2) is 36.6 Å². The largest absolute Gasteiger partial charge is 0.497 e. The monoisotopic (exact) mass is 268 g/mol. The summed E-state index contributed by atoms with van der Waals surface area (Å²) in [5.74, 6) is 0.698. The average Bonchev–Trinajstić information content (AvgIpc) is 2.46. The van der Waals surface area contributed by atoms with Crippen molar-refractivity contribution < 1.29 is 19.7 Å². The highest BCUT2D eigenvalue weighted by molar-refractivity contribution is 5.26. The highest BCUT2D eigenvalue weighted by Gasteiger charge is 2.20. The van der Waals surface area contributed by atoms with Crippen LogP contribution in [0.4, 0.5) is 0 Å². The number of rotatable bonds is 8. The highest BCUT2D eigenvalue weighted by atomic mass is 16.5. The first kappa shape index (κ1) is 16.0. The SMILES string of the molecule is COc1ccc(COC[C@H](C)[C@@H](O)[C@@H](C)CO)cc1. The van der Waals surface area contributed by atoms with Gasteiger partial charge in [0.05, 0.1) is 26.4 Å². The van der Waals surface area contributed by atoms with Gasteiger partial charge in [-0.25, -0.2) is 0 Å². The number of hydrogen-bond donors (Lipinski definition) is 2. The number of ether oxygens (including phenoxy) is 2. The molecule has 1 aromatic rings. The molecule has 0 fully saturated rings. The van der Waals surface area contributed by atoms with Crippen LogP contribution in [0, 0.1) is 11.8 Å². The number of aliphatic hydroxyl groups excluding tert-OH is 2. The summed E-state index contributed by atoms with van der Waals surface area (Å²) < 4.78 is 10.7. The second-order valence-corrected chi connectivity index (χ2v) is 4.99. The number of benzene rings is 1. The van der Waals surface area contributed by atoms with Gasteiger partial charge in [-0.2, -0.15) is 0 Å². The lowest BCUT2D eigenvalue weighted by molar-refractivity contribution is -0.00902. The van der Waals surface area contributed by atoms with Gasteiger partial charge in [0.2, 0.25) is 0 Å². The van der Waals surface area contributed by atoms with Crippen molar-refractivity contribution in [3.05, 3.63) is 29.8 Å². The summed E-state index contributed by atoms with van der Waals surface area (Å²) in [6, 6.07) is 7.70. The van der Waals surface area contributed by atoms with Gasteiger partial charge in [0.15, 0.2) is 0 Å². The van der Waals surface area contributed by atoms with E-state index in [-0.39, 0.29) is 18.4 Å². The fourth-order valence-corrected chi connectivity index (χ4v) is 1.85. The van der Waals surface area contributed by atoms with Crippen molar-refractivity contribution in [2.45, 2.75) is 26.6 Å². The summed E-state index contributed by atoms with van der Waals surface area (Å²) >= 11 is 0. The summed E-state index contributed by atoms with van der Waals surface area (Å²) in [7, 11) is 1.64. The molecule has 2 N–H and O–H groups in total. The van der Waals surface area contributed by atoms with Gasteiger partial charge in [0, 0.05) is 18.4 Å². The molecule has 0 aliphatic heterocycles. The van der Waals surface area contributed by atoms with Crippen LogP contribution >= 0.6 is 0 Å². The molecule has 1 rings (SSSR count). The summed E-state index contributed by atoms with van der Waals surface area (Å²) in [5, 5.41) is 18.9. The van der Waals surface area contributed by atoms with Crippen LogP contribution in [-0.2, 0) is 11.3 Å². The first-order valence-corrected chi connectivity index (χ1v) is 6.58. The Bertz CT molecular complexity index is 350. The predicted octanol–water partition coefficient (Wildman–Crippen LogP) is 1.84. The fraction of sp³-hybridized carbons (Fsp3) is 0.600. The van der Waals surface area contributed by atoms with Crippen LogP contribution in [0.15, 0.2) is 24.3 Å². The van der Waals surface area contributed by atoms with Gasteiger partial charge in [0.1, 0.15) is 5.75 Å². The molecule has 0 aromatic heterocycles. The molecule has 0 saturated heterocycles. The van der Waals surface area contributed by atoms with Crippen LogP contribution in [0.5, 0.6) is 5.75 Å². The van der Waals surface area contributed by atoms with Gasteiger partial charge >= 0.3 is 0 Å². The lowest BCUT2D eigenvalue weighted by atomic mass is 9.95. The van der Waals surface area contributed by atoms with Crippen molar-refractivity contribution in [1.29, 1.82) is 0 Å². The summed E-state index contributed by atoms with van der Waals surface area (Å²) in [4.78, 5) is 0. The zero-order valence-electron chi connectivity index (χ0n) is 11.9. The molecular formula is C15H24O4. The van der Waals surface area contributed by atoms with Crippen molar-refractivity contribution in [1.82, 2.24) is 0 Å². The third-order valence-corrected chi connectivity index (χ3v) is 3.26. The number of aliphatic hydroxyl groups is 2. The van der Waals surface area contributed by atoms with Gasteiger partial charge in [-0.05, 0) is 17.7 Å². The Morgan fingerprint density at radius 3 is 2.26 bits per heavy atom. The van der Waals surface area contributed by atoms with E-state index >= 15 is 0 Å². The molecule has 19 heavy (non-hydrogen) atoms. The third-order valence-electron chi connectivity index (χ3n) is 3.26. The second-order valence-electron chi connectivity index (χ2n) is 4.99. The van der Waals surface area contributed by atoms with Gasteiger partial charge < -0.3 is 19.7 Å². The fourth-order valence-electron chi connectivity index (χ4n) is 1.85. The maximum absolute atomic E-state index is 9.90. The summed E-state index contributed by atoms with van der Waals surface area (Å²) in [6.07, 6.45) is -0.541. The minimum Gasteiger partial charge on any atom is -0.497 e. The van der Waals surface area contributed by atoms with E-state index in [0.717, 1.165) is 11.3 Å².